The fourth-order valence-electron chi connectivity index (χ4n) is 7.66. The van der Waals surface area contributed by atoms with Crippen molar-refractivity contribution in [2.45, 2.75) is 27.7 Å². The molecule has 8 rings (SSSR count). The van der Waals surface area contributed by atoms with Crippen LogP contribution in [0.2, 0.25) is 0 Å². The lowest BCUT2D eigenvalue weighted by Crippen LogP contribution is -2.12. The Morgan fingerprint density at radius 1 is 0.442 bits per heavy atom. The van der Waals surface area contributed by atoms with E-state index in [0.29, 0.717) is 11.3 Å². The number of fused-ring (bicyclic) bond motifs is 5. The van der Waals surface area contributed by atoms with Crippen LogP contribution in [0, 0.1) is 45.6 Å². The molecule has 0 aromatic heterocycles. The minimum Gasteiger partial charge on any atom is -0.310 e. The maximum atomic E-state index is 9.61. The van der Waals surface area contributed by atoms with Gasteiger partial charge < -0.3 is 9.80 Å². The molecule has 8 aromatic carbocycles. The topological polar surface area (TPSA) is 34.6 Å². The van der Waals surface area contributed by atoms with Crippen molar-refractivity contribution in [1.29, 1.82) is 5.26 Å². The Bertz CT molecular complexity index is 2510. The summed E-state index contributed by atoms with van der Waals surface area (Å²) in [6.45, 7) is 16.1. The van der Waals surface area contributed by atoms with Gasteiger partial charge >= 0.3 is 0 Å². The quantitative estimate of drug-likeness (QED) is 0.131. The van der Waals surface area contributed by atoms with Crippen LogP contribution in [0.3, 0.4) is 0 Å². The summed E-state index contributed by atoms with van der Waals surface area (Å²) in [5.74, 6) is 0. The molecule has 0 saturated carbocycles. The second kappa shape index (κ2) is 13.1. The fourth-order valence-corrected chi connectivity index (χ4v) is 7.66. The van der Waals surface area contributed by atoms with Gasteiger partial charge in [0.25, 0.3) is 0 Å². The van der Waals surface area contributed by atoms with Crippen LogP contribution in [0.4, 0.5) is 39.8 Å². The normalized spacial score (nSPS) is 11.0. The van der Waals surface area contributed by atoms with Crippen molar-refractivity contribution in [3.8, 4) is 6.07 Å². The molecule has 0 N–H and O–H groups in total. The first-order valence-electron chi connectivity index (χ1n) is 17.4. The van der Waals surface area contributed by atoms with Crippen LogP contribution in [0.15, 0.2) is 146 Å². The van der Waals surface area contributed by atoms with E-state index in [1.165, 1.54) is 22.3 Å². The van der Waals surface area contributed by atoms with E-state index in [4.69, 9.17) is 6.57 Å². The Morgan fingerprint density at radius 3 is 1.21 bits per heavy atom. The lowest BCUT2D eigenvalue weighted by molar-refractivity contribution is 1.26. The Labute approximate surface area is 304 Å². The molecule has 0 bridgehead atoms. The number of hydrogen-bond donors (Lipinski definition) is 0. The number of anilines is 6. The summed E-state index contributed by atoms with van der Waals surface area (Å²) in [6, 6.07) is 53.4. The van der Waals surface area contributed by atoms with Gasteiger partial charge in [0.1, 0.15) is 0 Å². The summed E-state index contributed by atoms with van der Waals surface area (Å²) in [6.07, 6.45) is 0. The van der Waals surface area contributed by atoms with Gasteiger partial charge in [-0.25, -0.2) is 4.85 Å². The maximum absolute atomic E-state index is 9.61. The van der Waals surface area contributed by atoms with E-state index in [1.807, 2.05) is 48.5 Å². The third-order valence-corrected chi connectivity index (χ3v) is 9.74. The Hall–Kier alpha value is -6.88. The van der Waals surface area contributed by atoms with E-state index in [-0.39, 0.29) is 0 Å². The van der Waals surface area contributed by atoms with Crippen LogP contribution >= 0.6 is 0 Å². The molecule has 0 aliphatic carbocycles. The minimum absolute atomic E-state index is 0.613. The summed E-state index contributed by atoms with van der Waals surface area (Å²) >= 11 is 0. The maximum Gasteiger partial charge on any atom is 0.187 e. The average molecular weight is 669 g/mol. The molecule has 0 fully saturated rings. The number of benzene rings is 8. The molecule has 0 saturated heterocycles. The largest absolute Gasteiger partial charge is 0.310 e. The van der Waals surface area contributed by atoms with Crippen molar-refractivity contribution in [3.63, 3.8) is 0 Å². The van der Waals surface area contributed by atoms with Gasteiger partial charge in [-0.1, -0.05) is 72.8 Å². The molecule has 4 heteroatoms. The molecule has 248 valence electrons. The van der Waals surface area contributed by atoms with Gasteiger partial charge in [-0.3, -0.25) is 0 Å². The molecule has 0 amide bonds. The van der Waals surface area contributed by atoms with Gasteiger partial charge in [-0.2, -0.15) is 5.26 Å². The summed E-state index contributed by atoms with van der Waals surface area (Å²) in [5, 5.41) is 16.5. The van der Waals surface area contributed by atoms with Crippen LogP contribution in [-0.2, 0) is 0 Å². The predicted octanol–water partition coefficient (Wildman–Crippen LogP) is 13.7. The zero-order valence-corrected chi connectivity index (χ0v) is 29.6. The van der Waals surface area contributed by atoms with Gasteiger partial charge in [0.2, 0.25) is 0 Å². The Balaban J connectivity index is 1.47. The third-order valence-electron chi connectivity index (χ3n) is 9.74. The average Bonchev–Trinajstić information content (AvgIpc) is 3.15. The first-order valence-corrected chi connectivity index (χ1v) is 17.4. The zero-order chi connectivity index (χ0) is 35.9. The molecule has 52 heavy (non-hydrogen) atoms. The van der Waals surface area contributed by atoms with E-state index < -0.39 is 0 Å². The second-order valence-electron chi connectivity index (χ2n) is 13.6. The van der Waals surface area contributed by atoms with Crippen molar-refractivity contribution in [3.05, 3.63) is 185 Å². The summed E-state index contributed by atoms with van der Waals surface area (Å²) in [5.41, 5.74) is 12.2. The van der Waals surface area contributed by atoms with Gasteiger partial charge in [-0.05, 0) is 144 Å². The highest BCUT2D eigenvalue weighted by atomic mass is 15.2. The van der Waals surface area contributed by atoms with Crippen molar-refractivity contribution >= 4 is 72.1 Å². The molecule has 0 unspecified atom stereocenters. The lowest BCUT2D eigenvalue weighted by Gasteiger charge is -2.30. The number of aryl methyl sites for hydroxylation is 4. The van der Waals surface area contributed by atoms with Crippen molar-refractivity contribution in [2.75, 3.05) is 9.80 Å². The smallest absolute Gasteiger partial charge is 0.187 e. The van der Waals surface area contributed by atoms with E-state index in [2.05, 4.69) is 145 Å². The Morgan fingerprint density at radius 2 is 0.827 bits per heavy atom. The molecule has 0 aliphatic heterocycles. The summed E-state index contributed by atoms with van der Waals surface area (Å²) in [4.78, 5) is 8.32. The van der Waals surface area contributed by atoms with Crippen LogP contribution in [-0.4, -0.2) is 0 Å². The van der Waals surface area contributed by atoms with Gasteiger partial charge in [0.05, 0.1) is 29.6 Å². The van der Waals surface area contributed by atoms with E-state index >= 15 is 0 Å². The molecule has 0 aliphatic rings. The summed E-state index contributed by atoms with van der Waals surface area (Å²) in [7, 11) is 0. The first-order chi connectivity index (χ1) is 25.3. The molecule has 0 radical (unpaired) electrons. The minimum atomic E-state index is 0.613. The van der Waals surface area contributed by atoms with Crippen molar-refractivity contribution in [2.24, 2.45) is 0 Å². The van der Waals surface area contributed by atoms with Crippen LogP contribution in [0.1, 0.15) is 27.8 Å². The van der Waals surface area contributed by atoms with Crippen LogP contribution in [0.25, 0.3) is 37.2 Å². The molecule has 0 atom stereocenters. The third kappa shape index (κ3) is 5.77. The van der Waals surface area contributed by atoms with Crippen molar-refractivity contribution in [1.82, 2.24) is 0 Å². The second-order valence-corrected chi connectivity index (χ2v) is 13.6. The number of rotatable bonds is 6. The first kappa shape index (κ1) is 32.3. The molecule has 0 heterocycles. The van der Waals surface area contributed by atoms with Gasteiger partial charge in [0, 0.05) is 33.5 Å². The summed E-state index contributed by atoms with van der Waals surface area (Å²) < 4.78 is 0. The van der Waals surface area contributed by atoms with Crippen LogP contribution in [0.5, 0.6) is 0 Å². The molecular weight excluding hydrogens is 633 g/mol. The number of nitriles is 1. The van der Waals surface area contributed by atoms with E-state index in [9.17, 15) is 5.26 Å². The van der Waals surface area contributed by atoms with Gasteiger partial charge in [0.15, 0.2) is 5.69 Å². The standard InChI is InChI=1S/C48H36N4/c1-31-22-32(2)25-39(24-31)51(37-18-14-35(30-49)15-19-37)47-28-45-42-11-7-9-13-44(42)48(29-46(45)41-10-6-8-12-43(41)47)52(38-20-16-36(50-5)17-21-38)40-26-33(3)23-34(4)27-40/h6-29H,1-4H3. The zero-order valence-electron chi connectivity index (χ0n) is 29.6. The molecule has 8 aromatic rings. The molecule has 4 nitrogen and oxygen atoms in total. The monoisotopic (exact) mass is 668 g/mol. The highest BCUT2D eigenvalue weighted by Crippen LogP contribution is 2.48. The SMILES string of the molecule is [C-]#[N+]c1ccc(N(c2cc(C)cc(C)c2)c2cc3c4ccccc4c(N(c4ccc(C#N)cc4)c4cc(C)cc(C)c4)cc3c3ccccc23)cc1. The highest BCUT2D eigenvalue weighted by molar-refractivity contribution is 6.24. The number of nitrogens with zero attached hydrogens (tertiary/aromatic N) is 4. The Kier molecular flexibility index (Phi) is 8.15. The molecule has 0 spiro atoms. The van der Waals surface area contributed by atoms with Crippen molar-refractivity contribution < 1.29 is 0 Å². The fraction of sp³-hybridized carbons (Fsp3) is 0.0833. The highest BCUT2D eigenvalue weighted by Gasteiger charge is 2.22. The van der Waals surface area contributed by atoms with Gasteiger partial charge in [-0.15, -0.1) is 0 Å². The molecular formula is C48H36N4. The predicted molar refractivity (Wildman–Crippen MR) is 218 cm³/mol. The van der Waals surface area contributed by atoms with E-state index in [0.717, 1.165) is 66.4 Å². The lowest BCUT2D eigenvalue weighted by atomic mass is 9.93. The van der Waals surface area contributed by atoms with Crippen LogP contribution < -0.4 is 9.80 Å². The van der Waals surface area contributed by atoms with E-state index in [1.54, 1.807) is 0 Å². The number of hydrogen-bond acceptors (Lipinski definition) is 3.